The predicted octanol–water partition coefficient (Wildman–Crippen LogP) is 3.07. The van der Waals surface area contributed by atoms with Crippen LogP contribution in [0.15, 0.2) is 0 Å². The molecule has 0 heterocycles. The molecule has 0 atom stereocenters. The second-order valence-corrected chi connectivity index (χ2v) is 7.92. The molecule has 1 aliphatic rings. The standard InChI is InChI=1S/C15H30N2O2/c1-13(2,3)10-16-11-15(8-7-9-15)17-12(18)19-14(4,5)6/h16H,7-11H2,1-6H3,(H,17,18). The van der Waals surface area contributed by atoms with Crippen molar-refractivity contribution in [1.82, 2.24) is 10.6 Å². The fourth-order valence-electron chi connectivity index (χ4n) is 2.15. The Hall–Kier alpha value is -0.770. The molecule has 0 aromatic heterocycles. The molecule has 0 saturated heterocycles. The number of alkyl carbamates (subject to hydrolysis) is 1. The van der Waals surface area contributed by atoms with E-state index in [9.17, 15) is 4.79 Å². The summed E-state index contributed by atoms with van der Waals surface area (Å²) in [5, 5.41) is 6.52. The Labute approximate surface area is 117 Å². The number of hydrogen-bond acceptors (Lipinski definition) is 3. The molecular weight excluding hydrogens is 240 g/mol. The topological polar surface area (TPSA) is 50.4 Å². The van der Waals surface area contributed by atoms with Gasteiger partial charge in [-0.25, -0.2) is 4.79 Å². The van der Waals surface area contributed by atoms with Gasteiger partial charge in [0.1, 0.15) is 5.60 Å². The summed E-state index contributed by atoms with van der Waals surface area (Å²) in [5.41, 5.74) is -0.279. The summed E-state index contributed by atoms with van der Waals surface area (Å²) in [6.07, 6.45) is 2.93. The highest BCUT2D eigenvalue weighted by atomic mass is 16.6. The van der Waals surface area contributed by atoms with Gasteiger partial charge in [-0.3, -0.25) is 0 Å². The van der Waals surface area contributed by atoms with Crippen molar-refractivity contribution in [2.45, 2.75) is 71.9 Å². The molecule has 1 rings (SSSR count). The largest absolute Gasteiger partial charge is 0.444 e. The average molecular weight is 270 g/mol. The van der Waals surface area contributed by atoms with Gasteiger partial charge in [-0.15, -0.1) is 0 Å². The highest BCUT2D eigenvalue weighted by molar-refractivity contribution is 5.69. The zero-order valence-electron chi connectivity index (χ0n) is 13.4. The van der Waals surface area contributed by atoms with Crippen LogP contribution < -0.4 is 10.6 Å². The van der Waals surface area contributed by atoms with Crippen molar-refractivity contribution in [1.29, 1.82) is 0 Å². The molecule has 112 valence electrons. The third kappa shape index (κ3) is 6.28. The van der Waals surface area contributed by atoms with Crippen LogP contribution in [0.1, 0.15) is 60.8 Å². The molecule has 4 nitrogen and oxygen atoms in total. The van der Waals surface area contributed by atoms with Gasteiger partial charge in [0, 0.05) is 13.1 Å². The van der Waals surface area contributed by atoms with E-state index in [2.05, 4.69) is 31.4 Å². The molecule has 1 aliphatic carbocycles. The average Bonchev–Trinajstić information content (AvgIpc) is 2.08. The smallest absolute Gasteiger partial charge is 0.408 e. The summed E-state index contributed by atoms with van der Waals surface area (Å²) in [7, 11) is 0. The molecule has 0 bridgehead atoms. The summed E-state index contributed by atoms with van der Waals surface area (Å²) in [6, 6.07) is 0. The zero-order valence-corrected chi connectivity index (χ0v) is 13.4. The molecule has 0 unspecified atom stereocenters. The van der Waals surface area contributed by atoms with E-state index in [1.807, 2.05) is 20.8 Å². The van der Waals surface area contributed by atoms with E-state index in [1.165, 1.54) is 6.42 Å². The van der Waals surface area contributed by atoms with E-state index in [0.717, 1.165) is 25.9 Å². The van der Waals surface area contributed by atoms with Gasteiger partial charge in [0.25, 0.3) is 0 Å². The number of amides is 1. The summed E-state index contributed by atoms with van der Waals surface area (Å²) in [5.74, 6) is 0. The molecule has 1 saturated carbocycles. The predicted molar refractivity (Wildman–Crippen MR) is 78.3 cm³/mol. The third-order valence-electron chi connectivity index (χ3n) is 3.20. The first-order valence-electron chi connectivity index (χ1n) is 7.23. The molecule has 1 fully saturated rings. The summed E-state index contributed by atoms with van der Waals surface area (Å²) < 4.78 is 5.34. The molecule has 2 N–H and O–H groups in total. The first-order valence-corrected chi connectivity index (χ1v) is 7.23. The summed E-state index contributed by atoms with van der Waals surface area (Å²) >= 11 is 0. The second kappa shape index (κ2) is 5.70. The lowest BCUT2D eigenvalue weighted by molar-refractivity contribution is 0.0380. The van der Waals surface area contributed by atoms with Crippen LogP contribution in [0.2, 0.25) is 0 Å². The number of nitrogens with one attached hydrogen (secondary N) is 2. The Balaban J connectivity index is 2.41. The van der Waals surface area contributed by atoms with Gasteiger partial charge in [-0.2, -0.15) is 0 Å². The fourth-order valence-corrected chi connectivity index (χ4v) is 2.15. The van der Waals surface area contributed by atoms with Crippen molar-refractivity contribution < 1.29 is 9.53 Å². The Bertz CT molecular complexity index is 309. The van der Waals surface area contributed by atoms with Gasteiger partial charge in [-0.05, 0) is 45.4 Å². The number of rotatable bonds is 4. The molecule has 4 heteroatoms. The lowest BCUT2D eigenvalue weighted by atomic mass is 9.76. The van der Waals surface area contributed by atoms with Crippen LogP contribution in [0.25, 0.3) is 0 Å². The lowest BCUT2D eigenvalue weighted by Crippen LogP contribution is -2.60. The minimum Gasteiger partial charge on any atom is -0.444 e. The maximum Gasteiger partial charge on any atom is 0.408 e. The van der Waals surface area contributed by atoms with Crippen LogP contribution in [0, 0.1) is 5.41 Å². The van der Waals surface area contributed by atoms with Gasteiger partial charge in [-0.1, -0.05) is 20.8 Å². The Kier molecular flexibility index (Phi) is 4.88. The third-order valence-corrected chi connectivity index (χ3v) is 3.20. The van der Waals surface area contributed by atoms with E-state index in [0.29, 0.717) is 0 Å². The van der Waals surface area contributed by atoms with E-state index < -0.39 is 5.60 Å². The minimum absolute atomic E-state index is 0.104. The first-order chi connectivity index (χ1) is 8.52. The van der Waals surface area contributed by atoms with Gasteiger partial charge in [0.2, 0.25) is 0 Å². The fraction of sp³-hybridized carbons (Fsp3) is 0.933. The van der Waals surface area contributed by atoms with Crippen molar-refractivity contribution in [2.75, 3.05) is 13.1 Å². The second-order valence-electron chi connectivity index (χ2n) is 7.92. The van der Waals surface area contributed by atoms with Crippen LogP contribution in [-0.2, 0) is 4.74 Å². The van der Waals surface area contributed by atoms with Crippen molar-refractivity contribution in [2.24, 2.45) is 5.41 Å². The molecular formula is C15H30N2O2. The van der Waals surface area contributed by atoms with E-state index in [-0.39, 0.29) is 17.0 Å². The molecule has 0 aromatic rings. The zero-order chi connectivity index (χ0) is 14.7. The number of carbonyl (C=O) groups excluding carboxylic acids is 1. The maximum absolute atomic E-state index is 11.9. The monoisotopic (exact) mass is 270 g/mol. The Morgan fingerprint density at radius 1 is 1.16 bits per heavy atom. The van der Waals surface area contributed by atoms with Crippen LogP contribution >= 0.6 is 0 Å². The summed E-state index contributed by atoms with van der Waals surface area (Å²) in [4.78, 5) is 11.9. The maximum atomic E-state index is 11.9. The van der Waals surface area contributed by atoms with Gasteiger partial charge in [0.05, 0.1) is 5.54 Å². The van der Waals surface area contributed by atoms with Crippen LogP contribution in [0.3, 0.4) is 0 Å². The van der Waals surface area contributed by atoms with Crippen molar-refractivity contribution in [3.8, 4) is 0 Å². The van der Waals surface area contributed by atoms with Crippen LogP contribution in [-0.4, -0.2) is 30.3 Å². The highest BCUT2D eigenvalue weighted by Gasteiger charge is 2.39. The van der Waals surface area contributed by atoms with Crippen molar-refractivity contribution in [3.63, 3.8) is 0 Å². The lowest BCUT2D eigenvalue weighted by Gasteiger charge is -2.43. The van der Waals surface area contributed by atoms with E-state index >= 15 is 0 Å². The van der Waals surface area contributed by atoms with Crippen LogP contribution in [0.4, 0.5) is 4.79 Å². The van der Waals surface area contributed by atoms with Gasteiger partial charge in [0.15, 0.2) is 0 Å². The minimum atomic E-state index is -0.437. The number of ether oxygens (including phenoxy) is 1. The first kappa shape index (κ1) is 16.3. The Morgan fingerprint density at radius 3 is 2.11 bits per heavy atom. The number of hydrogen-bond donors (Lipinski definition) is 2. The quantitative estimate of drug-likeness (QED) is 0.825. The molecule has 1 amide bonds. The molecule has 19 heavy (non-hydrogen) atoms. The summed E-state index contributed by atoms with van der Waals surface area (Å²) in [6.45, 7) is 14.0. The molecule has 0 aromatic carbocycles. The van der Waals surface area contributed by atoms with Gasteiger partial charge >= 0.3 is 6.09 Å². The van der Waals surface area contributed by atoms with Crippen LogP contribution in [0.5, 0.6) is 0 Å². The Morgan fingerprint density at radius 2 is 1.74 bits per heavy atom. The SMILES string of the molecule is CC(C)(C)CNCC1(NC(=O)OC(C)(C)C)CCC1. The molecule has 0 spiro atoms. The van der Waals surface area contributed by atoms with E-state index in [4.69, 9.17) is 4.74 Å². The molecule has 0 radical (unpaired) electrons. The van der Waals surface area contributed by atoms with Crippen molar-refractivity contribution in [3.05, 3.63) is 0 Å². The molecule has 0 aliphatic heterocycles. The van der Waals surface area contributed by atoms with Gasteiger partial charge < -0.3 is 15.4 Å². The normalized spacial score (nSPS) is 18.6. The van der Waals surface area contributed by atoms with E-state index in [1.54, 1.807) is 0 Å². The number of carbonyl (C=O) groups is 1. The highest BCUT2D eigenvalue weighted by Crippen LogP contribution is 2.31. The van der Waals surface area contributed by atoms with Crippen molar-refractivity contribution >= 4 is 6.09 Å².